The zero-order chi connectivity index (χ0) is 18.1. The summed E-state index contributed by atoms with van der Waals surface area (Å²) in [4.78, 5) is 25.5. The van der Waals surface area contributed by atoms with E-state index in [1.54, 1.807) is 18.2 Å². The lowest BCUT2D eigenvalue weighted by Crippen LogP contribution is -2.41. The average molecular weight is 374 g/mol. The van der Waals surface area contributed by atoms with E-state index in [2.05, 4.69) is 0 Å². The standard InChI is InChI=1S/C17H21Cl2NO4/c1-17(2,3)24-10-7-14(16(22)23)20(9-10)15(21)8-11-12(18)5-4-6-13(11)19/h4-6,10,14H,7-9H2,1-3H3,(H,22,23)/t10-,14+/m1/s1. The average Bonchev–Trinajstić information content (AvgIpc) is 2.85. The fourth-order valence-corrected chi connectivity index (χ4v) is 3.38. The predicted molar refractivity (Wildman–Crippen MR) is 92.5 cm³/mol. The van der Waals surface area contributed by atoms with E-state index in [0.29, 0.717) is 15.6 Å². The number of rotatable bonds is 4. The monoisotopic (exact) mass is 373 g/mol. The molecule has 0 bridgehead atoms. The summed E-state index contributed by atoms with van der Waals surface area (Å²) in [7, 11) is 0. The lowest BCUT2D eigenvalue weighted by atomic mass is 10.1. The second kappa shape index (κ2) is 7.30. The van der Waals surface area contributed by atoms with Gasteiger partial charge >= 0.3 is 5.97 Å². The molecule has 1 aromatic rings. The van der Waals surface area contributed by atoms with E-state index < -0.39 is 17.6 Å². The number of likely N-dealkylation sites (tertiary alicyclic amines) is 1. The van der Waals surface area contributed by atoms with Crippen molar-refractivity contribution in [1.82, 2.24) is 4.90 Å². The quantitative estimate of drug-likeness (QED) is 0.877. The second-order valence-corrected chi connectivity index (χ2v) is 7.68. The molecule has 0 spiro atoms. The van der Waals surface area contributed by atoms with Crippen molar-refractivity contribution in [2.24, 2.45) is 0 Å². The summed E-state index contributed by atoms with van der Waals surface area (Å²) in [6.45, 7) is 5.94. The minimum absolute atomic E-state index is 0.0372. The maximum absolute atomic E-state index is 12.6. The van der Waals surface area contributed by atoms with E-state index in [-0.39, 0.29) is 31.4 Å². The molecule has 2 atom stereocenters. The summed E-state index contributed by atoms with van der Waals surface area (Å²) in [5, 5.41) is 10.2. The van der Waals surface area contributed by atoms with Crippen molar-refractivity contribution in [3.63, 3.8) is 0 Å². The molecule has 24 heavy (non-hydrogen) atoms. The van der Waals surface area contributed by atoms with Crippen LogP contribution in [0.2, 0.25) is 10.0 Å². The second-order valence-electron chi connectivity index (χ2n) is 6.87. The number of carboxylic acids is 1. The number of benzene rings is 1. The summed E-state index contributed by atoms with van der Waals surface area (Å²) < 4.78 is 5.85. The number of aliphatic carboxylic acids is 1. The lowest BCUT2D eigenvalue weighted by molar-refractivity contribution is -0.148. The minimum Gasteiger partial charge on any atom is -0.480 e. The molecule has 1 saturated heterocycles. The number of carbonyl (C=O) groups is 2. The highest BCUT2D eigenvalue weighted by molar-refractivity contribution is 6.36. The van der Waals surface area contributed by atoms with Gasteiger partial charge in [-0.1, -0.05) is 29.3 Å². The number of halogens is 2. The van der Waals surface area contributed by atoms with Gasteiger partial charge in [0.05, 0.1) is 18.1 Å². The van der Waals surface area contributed by atoms with Crippen LogP contribution < -0.4 is 0 Å². The Bertz CT molecular complexity index is 622. The topological polar surface area (TPSA) is 66.8 Å². The van der Waals surface area contributed by atoms with Crippen molar-refractivity contribution in [3.8, 4) is 0 Å². The molecule has 1 aliphatic heterocycles. The van der Waals surface area contributed by atoms with Crippen LogP contribution in [0, 0.1) is 0 Å². The fourth-order valence-electron chi connectivity index (χ4n) is 2.85. The van der Waals surface area contributed by atoms with Gasteiger partial charge in [-0.05, 0) is 38.5 Å². The van der Waals surface area contributed by atoms with Crippen molar-refractivity contribution in [2.75, 3.05) is 6.54 Å². The Morgan fingerprint density at radius 1 is 1.29 bits per heavy atom. The summed E-state index contributed by atoms with van der Waals surface area (Å²) in [6, 6.07) is 4.11. The fraction of sp³-hybridized carbons (Fsp3) is 0.529. The molecule has 0 unspecified atom stereocenters. The molecule has 0 aromatic heterocycles. The Labute approximate surface area is 151 Å². The summed E-state index contributed by atoms with van der Waals surface area (Å²) in [5.41, 5.74) is 0.105. The van der Waals surface area contributed by atoms with E-state index in [1.807, 2.05) is 20.8 Å². The van der Waals surface area contributed by atoms with Crippen molar-refractivity contribution in [3.05, 3.63) is 33.8 Å². The smallest absolute Gasteiger partial charge is 0.326 e. The van der Waals surface area contributed by atoms with Crippen LogP contribution in [0.4, 0.5) is 0 Å². The van der Waals surface area contributed by atoms with E-state index >= 15 is 0 Å². The zero-order valence-electron chi connectivity index (χ0n) is 13.9. The molecule has 0 saturated carbocycles. The number of carbonyl (C=O) groups excluding carboxylic acids is 1. The molecular weight excluding hydrogens is 353 g/mol. The van der Waals surface area contributed by atoms with Crippen LogP contribution in [0.1, 0.15) is 32.8 Å². The van der Waals surface area contributed by atoms with Gasteiger partial charge in [0.2, 0.25) is 5.91 Å². The maximum Gasteiger partial charge on any atom is 0.326 e. The number of carboxylic acid groups (broad SMARTS) is 1. The summed E-state index contributed by atoms with van der Waals surface area (Å²) in [5.74, 6) is -1.36. The number of ether oxygens (including phenoxy) is 1. The lowest BCUT2D eigenvalue weighted by Gasteiger charge is -2.25. The molecule has 1 aliphatic rings. The Hall–Kier alpha value is -1.30. The Morgan fingerprint density at radius 3 is 2.38 bits per heavy atom. The third-order valence-corrected chi connectivity index (χ3v) is 4.49. The summed E-state index contributed by atoms with van der Waals surface area (Å²) in [6.07, 6.45) is -0.0733. The van der Waals surface area contributed by atoms with Gasteiger partial charge in [-0.3, -0.25) is 4.79 Å². The van der Waals surface area contributed by atoms with E-state index in [1.165, 1.54) is 4.90 Å². The number of nitrogens with zero attached hydrogens (tertiary/aromatic N) is 1. The summed E-state index contributed by atoms with van der Waals surface area (Å²) >= 11 is 12.2. The SMILES string of the molecule is CC(C)(C)O[C@@H]1C[C@@H](C(=O)O)N(C(=O)Cc2c(Cl)cccc2Cl)C1. The van der Waals surface area contributed by atoms with Gasteiger partial charge in [0.1, 0.15) is 6.04 Å². The van der Waals surface area contributed by atoms with Crippen molar-refractivity contribution >= 4 is 35.1 Å². The van der Waals surface area contributed by atoms with Gasteiger partial charge in [0.25, 0.3) is 0 Å². The van der Waals surface area contributed by atoms with E-state index in [9.17, 15) is 14.7 Å². The van der Waals surface area contributed by atoms with Gasteiger partial charge in [-0.15, -0.1) is 0 Å². The molecule has 0 aliphatic carbocycles. The van der Waals surface area contributed by atoms with Crippen LogP contribution >= 0.6 is 23.2 Å². The Balaban J connectivity index is 2.16. The first-order chi connectivity index (χ1) is 11.1. The molecule has 5 nitrogen and oxygen atoms in total. The largest absolute Gasteiger partial charge is 0.480 e. The van der Waals surface area contributed by atoms with E-state index in [0.717, 1.165) is 0 Å². The van der Waals surface area contributed by atoms with Gasteiger partial charge < -0.3 is 14.7 Å². The molecule has 1 aromatic carbocycles. The van der Waals surface area contributed by atoms with Crippen LogP contribution in [0.15, 0.2) is 18.2 Å². The molecule has 1 heterocycles. The molecule has 132 valence electrons. The molecular formula is C17H21Cl2NO4. The van der Waals surface area contributed by atoms with Crippen molar-refractivity contribution in [1.29, 1.82) is 0 Å². The van der Waals surface area contributed by atoms with Crippen LogP contribution in [0.5, 0.6) is 0 Å². The van der Waals surface area contributed by atoms with Crippen LogP contribution in [0.25, 0.3) is 0 Å². The third kappa shape index (κ3) is 4.62. The number of hydrogen-bond donors (Lipinski definition) is 1. The van der Waals surface area contributed by atoms with Crippen LogP contribution in [-0.4, -0.2) is 46.2 Å². The molecule has 0 radical (unpaired) electrons. The Kier molecular flexibility index (Phi) is 5.78. The maximum atomic E-state index is 12.6. The highest BCUT2D eigenvalue weighted by Crippen LogP contribution is 2.28. The number of hydrogen-bond acceptors (Lipinski definition) is 3. The normalized spacial score (nSPS) is 21.1. The minimum atomic E-state index is -1.03. The highest BCUT2D eigenvalue weighted by atomic mass is 35.5. The van der Waals surface area contributed by atoms with Gasteiger partial charge in [-0.25, -0.2) is 4.79 Å². The van der Waals surface area contributed by atoms with Gasteiger partial charge in [-0.2, -0.15) is 0 Å². The molecule has 7 heteroatoms. The Morgan fingerprint density at radius 2 is 1.88 bits per heavy atom. The first-order valence-corrected chi connectivity index (χ1v) is 8.47. The molecule has 1 fully saturated rings. The van der Waals surface area contributed by atoms with E-state index in [4.69, 9.17) is 27.9 Å². The van der Waals surface area contributed by atoms with Crippen LogP contribution in [-0.2, 0) is 20.7 Å². The molecule has 1 N–H and O–H groups in total. The van der Waals surface area contributed by atoms with Gasteiger partial charge in [0, 0.05) is 23.0 Å². The van der Waals surface area contributed by atoms with Crippen molar-refractivity contribution in [2.45, 2.75) is 51.4 Å². The highest BCUT2D eigenvalue weighted by Gasteiger charge is 2.41. The number of amides is 1. The molecule has 2 rings (SSSR count). The first-order valence-electron chi connectivity index (χ1n) is 7.71. The molecule has 1 amide bonds. The van der Waals surface area contributed by atoms with Crippen LogP contribution in [0.3, 0.4) is 0 Å². The third-order valence-electron chi connectivity index (χ3n) is 3.78. The zero-order valence-corrected chi connectivity index (χ0v) is 15.4. The predicted octanol–water partition coefficient (Wildman–Crippen LogP) is 3.41. The van der Waals surface area contributed by atoms with Crippen molar-refractivity contribution < 1.29 is 19.4 Å². The first kappa shape index (κ1) is 19.0. The van der Waals surface area contributed by atoms with Gasteiger partial charge in [0.15, 0.2) is 0 Å².